The normalized spacial score (nSPS) is 10.7. The van der Waals surface area contributed by atoms with Crippen LogP contribution in [0.1, 0.15) is 21.8 Å². The Balaban J connectivity index is 1.36. The third-order valence-electron chi connectivity index (χ3n) is 3.42. The van der Waals surface area contributed by atoms with Crippen molar-refractivity contribution in [3.8, 4) is 0 Å². The molecule has 0 saturated heterocycles. The number of carbonyl (C=O) groups is 2. The van der Waals surface area contributed by atoms with Crippen molar-refractivity contribution < 1.29 is 9.59 Å². The largest absolute Gasteiger partial charge is 0.356 e. The van der Waals surface area contributed by atoms with Gasteiger partial charge in [-0.3, -0.25) is 9.59 Å². The molecule has 0 spiro atoms. The van der Waals surface area contributed by atoms with E-state index >= 15 is 0 Å². The van der Waals surface area contributed by atoms with Crippen LogP contribution in [0.2, 0.25) is 0 Å². The molecule has 124 valence electrons. The molecule has 7 heteroatoms. The number of carbonyl (C=O) groups excluding carboxylic acids is 2. The maximum absolute atomic E-state index is 11.8. The van der Waals surface area contributed by atoms with Gasteiger partial charge in [-0.05, 0) is 23.6 Å². The van der Waals surface area contributed by atoms with Crippen molar-refractivity contribution in [3.63, 3.8) is 0 Å². The average molecular weight is 359 g/mol. The fraction of sp³-hybridized carbons (Fsp3) is 0.235. The van der Waals surface area contributed by atoms with Gasteiger partial charge < -0.3 is 10.6 Å². The van der Waals surface area contributed by atoms with Gasteiger partial charge in [-0.2, -0.15) is 11.3 Å². The summed E-state index contributed by atoms with van der Waals surface area (Å²) in [7, 11) is 0. The molecule has 24 heavy (non-hydrogen) atoms. The van der Waals surface area contributed by atoms with Crippen LogP contribution in [0.3, 0.4) is 0 Å². The first-order valence-electron chi connectivity index (χ1n) is 7.64. The lowest BCUT2D eigenvalue weighted by atomic mass is 10.3. The molecule has 0 radical (unpaired) electrons. The maximum atomic E-state index is 11.8. The Bertz CT molecular complexity index is 794. The molecule has 3 aromatic rings. The molecule has 2 N–H and O–H groups in total. The molecule has 2 amide bonds. The minimum Gasteiger partial charge on any atom is -0.356 e. The van der Waals surface area contributed by atoms with Crippen molar-refractivity contribution in [2.24, 2.45) is 0 Å². The highest BCUT2D eigenvalue weighted by atomic mass is 32.1. The van der Waals surface area contributed by atoms with Gasteiger partial charge >= 0.3 is 0 Å². The standard InChI is InChI=1S/C17H17N3O2S2/c21-15(5-8-19-17(22)12-7-10-23-11-12)18-9-6-16-20-13-3-1-2-4-14(13)24-16/h1-4,7,10-11H,5-6,8-9H2,(H,18,21)(H,19,22). The summed E-state index contributed by atoms with van der Waals surface area (Å²) in [5, 5.41) is 10.3. The third kappa shape index (κ3) is 4.39. The van der Waals surface area contributed by atoms with Gasteiger partial charge in [0.15, 0.2) is 0 Å². The van der Waals surface area contributed by atoms with Gasteiger partial charge in [-0.25, -0.2) is 4.98 Å². The second-order valence-corrected chi connectivity index (χ2v) is 7.09. The van der Waals surface area contributed by atoms with Gasteiger partial charge in [-0.15, -0.1) is 11.3 Å². The molecule has 2 heterocycles. The summed E-state index contributed by atoms with van der Waals surface area (Å²) < 4.78 is 1.16. The predicted octanol–water partition coefficient (Wildman–Crippen LogP) is 2.84. The molecule has 0 aliphatic rings. The number of amides is 2. The molecule has 0 unspecified atom stereocenters. The fourth-order valence-corrected chi connectivity index (χ4v) is 3.81. The number of nitrogens with one attached hydrogen (secondary N) is 2. The van der Waals surface area contributed by atoms with E-state index in [-0.39, 0.29) is 18.2 Å². The summed E-state index contributed by atoms with van der Waals surface area (Å²) in [5.74, 6) is -0.208. The van der Waals surface area contributed by atoms with E-state index in [0.29, 0.717) is 25.1 Å². The lowest BCUT2D eigenvalue weighted by Gasteiger charge is -2.05. The second kappa shape index (κ2) is 8.03. The van der Waals surface area contributed by atoms with E-state index in [9.17, 15) is 9.59 Å². The van der Waals surface area contributed by atoms with Crippen LogP contribution < -0.4 is 10.6 Å². The van der Waals surface area contributed by atoms with Crippen LogP contribution in [-0.2, 0) is 11.2 Å². The molecular formula is C17H17N3O2S2. The van der Waals surface area contributed by atoms with Crippen molar-refractivity contribution in [1.82, 2.24) is 15.6 Å². The zero-order chi connectivity index (χ0) is 16.8. The predicted molar refractivity (Wildman–Crippen MR) is 97.6 cm³/mol. The van der Waals surface area contributed by atoms with Crippen LogP contribution in [0.15, 0.2) is 41.1 Å². The Labute approximate surface area is 147 Å². The average Bonchev–Trinajstić information content (AvgIpc) is 3.24. The minimum atomic E-state index is -0.140. The first-order chi connectivity index (χ1) is 11.7. The highest BCUT2D eigenvalue weighted by molar-refractivity contribution is 7.18. The van der Waals surface area contributed by atoms with Crippen molar-refractivity contribution in [2.45, 2.75) is 12.8 Å². The zero-order valence-corrected chi connectivity index (χ0v) is 14.6. The smallest absolute Gasteiger partial charge is 0.252 e. The monoisotopic (exact) mass is 359 g/mol. The van der Waals surface area contributed by atoms with E-state index in [4.69, 9.17) is 0 Å². The van der Waals surface area contributed by atoms with Gasteiger partial charge in [0.2, 0.25) is 5.91 Å². The number of nitrogens with zero attached hydrogens (tertiary/aromatic N) is 1. The van der Waals surface area contributed by atoms with E-state index in [1.807, 2.05) is 29.6 Å². The van der Waals surface area contributed by atoms with Gasteiger partial charge in [-0.1, -0.05) is 12.1 Å². The van der Waals surface area contributed by atoms with Crippen LogP contribution in [0.4, 0.5) is 0 Å². The number of para-hydroxylation sites is 1. The minimum absolute atomic E-state index is 0.0678. The molecule has 2 aromatic heterocycles. The lowest BCUT2D eigenvalue weighted by Crippen LogP contribution is -2.31. The summed E-state index contributed by atoms with van der Waals surface area (Å²) in [4.78, 5) is 28.1. The number of thiophene rings is 1. The van der Waals surface area contributed by atoms with Crippen molar-refractivity contribution in [1.29, 1.82) is 0 Å². The molecule has 0 aliphatic heterocycles. The fourth-order valence-electron chi connectivity index (χ4n) is 2.21. The number of benzene rings is 1. The second-order valence-electron chi connectivity index (χ2n) is 5.19. The quantitative estimate of drug-likeness (QED) is 0.681. The number of hydrogen-bond donors (Lipinski definition) is 2. The number of aromatic nitrogens is 1. The number of thiazole rings is 1. The van der Waals surface area contributed by atoms with E-state index in [0.717, 1.165) is 15.2 Å². The Morgan fingerprint density at radius 3 is 2.75 bits per heavy atom. The van der Waals surface area contributed by atoms with Crippen molar-refractivity contribution in [3.05, 3.63) is 51.7 Å². The highest BCUT2D eigenvalue weighted by Crippen LogP contribution is 2.21. The Hall–Kier alpha value is -2.25. The van der Waals surface area contributed by atoms with E-state index in [1.54, 1.807) is 22.8 Å². The molecule has 0 aliphatic carbocycles. The zero-order valence-electron chi connectivity index (χ0n) is 13.0. The van der Waals surface area contributed by atoms with Gasteiger partial charge in [0.1, 0.15) is 0 Å². The summed E-state index contributed by atoms with van der Waals surface area (Å²) in [5.41, 5.74) is 1.64. The first-order valence-corrected chi connectivity index (χ1v) is 9.40. The van der Waals surface area contributed by atoms with Crippen molar-refractivity contribution >= 4 is 44.7 Å². The van der Waals surface area contributed by atoms with E-state index in [1.165, 1.54) is 11.3 Å². The first kappa shape index (κ1) is 16.6. The van der Waals surface area contributed by atoms with Crippen LogP contribution >= 0.6 is 22.7 Å². The Morgan fingerprint density at radius 1 is 1.08 bits per heavy atom. The summed E-state index contributed by atoms with van der Waals surface area (Å²) in [6, 6.07) is 9.77. The van der Waals surface area contributed by atoms with Gasteiger partial charge in [0, 0.05) is 36.9 Å². The van der Waals surface area contributed by atoms with Gasteiger partial charge in [0.25, 0.3) is 5.91 Å². The summed E-state index contributed by atoms with van der Waals surface area (Å²) in [6.45, 7) is 0.888. The number of fused-ring (bicyclic) bond motifs is 1. The molecule has 1 aromatic carbocycles. The van der Waals surface area contributed by atoms with E-state index < -0.39 is 0 Å². The maximum Gasteiger partial charge on any atom is 0.252 e. The topological polar surface area (TPSA) is 71.1 Å². The highest BCUT2D eigenvalue weighted by Gasteiger charge is 2.07. The summed E-state index contributed by atoms with van der Waals surface area (Å²) >= 11 is 3.12. The SMILES string of the molecule is O=C(CCNC(=O)c1ccsc1)NCCc1nc2ccccc2s1. The number of rotatable bonds is 7. The third-order valence-corrected chi connectivity index (χ3v) is 5.20. The number of hydrogen-bond acceptors (Lipinski definition) is 5. The van der Waals surface area contributed by atoms with Crippen LogP contribution in [0.5, 0.6) is 0 Å². The molecular weight excluding hydrogens is 342 g/mol. The molecule has 0 bridgehead atoms. The molecule has 0 fully saturated rings. The molecule has 0 atom stereocenters. The Kier molecular flexibility index (Phi) is 5.55. The van der Waals surface area contributed by atoms with E-state index in [2.05, 4.69) is 15.6 Å². The van der Waals surface area contributed by atoms with Crippen LogP contribution in [0.25, 0.3) is 10.2 Å². The molecule has 0 saturated carbocycles. The lowest BCUT2D eigenvalue weighted by molar-refractivity contribution is -0.120. The molecule has 5 nitrogen and oxygen atoms in total. The van der Waals surface area contributed by atoms with Crippen LogP contribution in [-0.4, -0.2) is 29.9 Å². The van der Waals surface area contributed by atoms with Gasteiger partial charge in [0.05, 0.1) is 15.2 Å². The molecule has 3 rings (SSSR count). The summed E-state index contributed by atoms with van der Waals surface area (Å²) in [6.07, 6.45) is 0.988. The van der Waals surface area contributed by atoms with Crippen molar-refractivity contribution in [2.75, 3.05) is 13.1 Å². The Morgan fingerprint density at radius 2 is 1.96 bits per heavy atom. The van der Waals surface area contributed by atoms with Crippen LogP contribution in [0, 0.1) is 0 Å².